The number of fused-ring (bicyclic) bond motifs is 1. The minimum atomic E-state index is -0.131. The molecule has 1 aliphatic rings. The zero-order valence-electron chi connectivity index (χ0n) is 10.7. The largest absolute Gasteiger partial charge is 0.490 e. The number of hydrogen-bond acceptors (Lipinski definition) is 3. The Morgan fingerprint density at radius 1 is 1.05 bits per heavy atom. The minimum absolute atomic E-state index is 0.102. The second-order valence-electron chi connectivity index (χ2n) is 4.71. The van der Waals surface area contributed by atoms with Gasteiger partial charge in [0.15, 0.2) is 0 Å². The van der Waals surface area contributed by atoms with Crippen molar-refractivity contribution in [2.75, 3.05) is 6.61 Å². The predicted octanol–water partition coefficient (Wildman–Crippen LogP) is 2.66. The van der Waals surface area contributed by atoms with E-state index in [1.54, 1.807) is 0 Å². The van der Waals surface area contributed by atoms with Crippen molar-refractivity contribution in [3.63, 3.8) is 0 Å². The summed E-state index contributed by atoms with van der Waals surface area (Å²) in [5, 5.41) is 0. The molecule has 2 unspecified atom stereocenters. The molecule has 19 heavy (non-hydrogen) atoms. The monoisotopic (exact) mass is 255 g/mol. The van der Waals surface area contributed by atoms with Crippen LogP contribution in [0.25, 0.3) is 0 Å². The summed E-state index contributed by atoms with van der Waals surface area (Å²) in [6.07, 6.45) is -0.102. The minimum Gasteiger partial charge on any atom is -0.490 e. The Hall–Kier alpha value is -1.84. The molecule has 0 fully saturated rings. The lowest BCUT2D eigenvalue weighted by Crippen LogP contribution is -2.37. The van der Waals surface area contributed by atoms with E-state index in [1.807, 2.05) is 54.6 Å². The van der Waals surface area contributed by atoms with E-state index in [9.17, 15) is 0 Å². The standard InChI is InChI=1S/C16H17NO2/c17-16-13-8-4-5-9-14(13)19-11-15(16)18-10-12-6-2-1-3-7-12/h1-9,15-16H,10-11,17H2. The van der Waals surface area contributed by atoms with Crippen molar-refractivity contribution >= 4 is 0 Å². The average molecular weight is 255 g/mol. The zero-order valence-corrected chi connectivity index (χ0v) is 10.7. The molecule has 1 aliphatic heterocycles. The van der Waals surface area contributed by atoms with Gasteiger partial charge in [0.25, 0.3) is 0 Å². The maximum atomic E-state index is 6.25. The van der Waals surface area contributed by atoms with E-state index in [2.05, 4.69) is 0 Å². The fourth-order valence-electron chi connectivity index (χ4n) is 2.29. The molecular formula is C16H17NO2. The molecule has 0 saturated carbocycles. The Balaban J connectivity index is 1.68. The van der Waals surface area contributed by atoms with Crippen molar-refractivity contribution in [1.82, 2.24) is 0 Å². The third-order valence-corrected chi connectivity index (χ3v) is 3.39. The second-order valence-corrected chi connectivity index (χ2v) is 4.71. The van der Waals surface area contributed by atoms with Crippen LogP contribution >= 0.6 is 0 Å². The van der Waals surface area contributed by atoms with Gasteiger partial charge in [-0.05, 0) is 11.6 Å². The van der Waals surface area contributed by atoms with E-state index in [0.29, 0.717) is 13.2 Å². The Labute approximate surface area is 113 Å². The first-order valence-corrected chi connectivity index (χ1v) is 6.47. The first-order chi connectivity index (χ1) is 9.34. The fraction of sp³-hybridized carbons (Fsp3) is 0.250. The van der Waals surface area contributed by atoms with Crippen LogP contribution in [0.1, 0.15) is 17.2 Å². The number of rotatable bonds is 3. The van der Waals surface area contributed by atoms with Crippen LogP contribution in [-0.4, -0.2) is 12.7 Å². The van der Waals surface area contributed by atoms with E-state index in [0.717, 1.165) is 16.9 Å². The van der Waals surface area contributed by atoms with Crippen molar-refractivity contribution < 1.29 is 9.47 Å². The predicted molar refractivity (Wildman–Crippen MR) is 73.9 cm³/mol. The van der Waals surface area contributed by atoms with Gasteiger partial charge in [0.1, 0.15) is 18.5 Å². The maximum Gasteiger partial charge on any atom is 0.124 e. The maximum absolute atomic E-state index is 6.25. The van der Waals surface area contributed by atoms with Gasteiger partial charge in [-0.1, -0.05) is 48.5 Å². The first kappa shape index (κ1) is 12.2. The number of hydrogen-bond donors (Lipinski definition) is 1. The van der Waals surface area contributed by atoms with Gasteiger partial charge in [-0.25, -0.2) is 0 Å². The van der Waals surface area contributed by atoms with E-state index in [-0.39, 0.29) is 12.1 Å². The van der Waals surface area contributed by atoms with Gasteiger partial charge >= 0.3 is 0 Å². The Kier molecular flexibility index (Phi) is 3.49. The molecule has 0 spiro atoms. The molecule has 2 aromatic rings. The average Bonchev–Trinajstić information content (AvgIpc) is 2.48. The molecule has 0 amide bonds. The summed E-state index contributed by atoms with van der Waals surface area (Å²) in [7, 11) is 0. The summed E-state index contributed by atoms with van der Waals surface area (Å²) >= 11 is 0. The lowest BCUT2D eigenvalue weighted by atomic mass is 9.99. The normalized spacial score (nSPS) is 21.5. The number of ether oxygens (including phenoxy) is 2. The second kappa shape index (κ2) is 5.43. The number of benzene rings is 2. The third kappa shape index (κ3) is 2.62. The van der Waals surface area contributed by atoms with Crippen LogP contribution in [-0.2, 0) is 11.3 Å². The molecule has 2 N–H and O–H groups in total. The molecule has 0 bridgehead atoms. The zero-order chi connectivity index (χ0) is 13.1. The summed E-state index contributed by atoms with van der Waals surface area (Å²) in [5.41, 5.74) is 8.42. The molecule has 3 rings (SSSR count). The van der Waals surface area contributed by atoms with E-state index in [4.69, 9.17) is 15.2 Å². The van der Waals surface area contributed by atoms with Gasteiger partial charge in [0.05, 0.1) is 12.6 Å². The first-order valence-electron chi connectivity index (χ1n) is 6.47. The van der Waals surface area contributed by atoms with Gasteiger partial charge in [-0.2, -0.15) is 0 Å². The van der Waals surface area contributed by atoms with Crippen molar-refractivity contribution in [3.05, 3.63) is 65.7 Å². The molecule has 1 heterocycles. The Bertz CT molecular complexity index is 541. The molecule has 0 aromatic heterocycles. The lowest BCUT2D eigenvalue weighted by molar-refractivity contribution is -0.0166. The van der Waals surface area contributed by atoms with Crippen LogP contribution in [0.5, 0.6) is 5.75 Å². The molecule has 98 valence electrons. The van der Waals surface area contributed by atoms with Crippen LogP contribution in [0.2, 0.25) is 0 Å². The molecule has 0 saturated heterocycles. The smallest absolute Gasteiger partial charge is 0.124 e. The van der Waals surface area contributed by atoms with E-state index < -0.39 is 0 Å². The van der Waals surface area contributed by atoms with Crippen LogP contribution in [0.15, 0.2) is 54.6 Å². The highest BCUT2D eigenvalue weighted by Gasteiger charge is 2.28. The summed E-state index contributed by atoms with van der Waals surface area (Å²) in [6, 6.07) is 17.8. The Morgan fingerprint density at radius 3 is 2.63 bits per heavy atom. The van der Waals surface area contributed by atoms with Gasteiger partial charge in [-0.3, -0.25) is 0 Å². The number of nitrogens with two attached hydrogens (primary N) is 1. The molecule has 2 aromatic carbocycles. The topological polar surface area (TPSA) is 44.5 Å². The van der Waals surface area contributed by atoms with Crippen molar-refractivity contribution in [3.8, 4) is 5.75 Å². The van der Waals surface area contributed by atoms with Gasteiger partial charge in [0, 0.05) is 5.56 Å². The van der Waals surface area contributed by atoms with Crippen LogP contribution in [0.3, 0.4) is 0 Å². The summed E-state index contributed by atoms with van der Waals surface area (Å²) in [5.74, 6) is 0.870. The SMILES string of the molecule is NC1c2ccccc2OCC1OCc1ccccc1. The van der Waals surface area contributed by atoms with Gasteiger partial charge in [-0.15, -0.1) is 0 Å². The van der Waals surface area contributed by atoms with Crippen molar-refractivity contribution in [2.24, 2.45) is 5.73 Å². The highest BCUT2D eigenvalue weighted by atomic mass is 16.5. The third-order valence-electron chi connectivity index (χ3n) is 3.39. The van der Waals surface area contributed by atoms with E-state index >= 15 is 0 Å². The number of para-hydroxylation sites is 1. The quantitative estimate of drug-likeness (QED) is 0.917. The van der Waals surface area contributed by atoms with Crippen LogP contribution in [0, 0.1) is 0 Å². The molecule has 3 heteroatoms. The van der Waals surface area contributed by atoms with Crippen molar-refractivity contribution in [1.29, 1.82) is 0 Å². The summed E-state index contributed by atoms with van der Waals surface area (Å²) in [4.78, 5) is 0. The summed E-state index contributed by atoms with van der Waals surface area (Å²) in [6.45, 7) is 1.07. The fourth-order valence-corrected chi connectivity index (χ4v) is 2.29. The molecule has 0 radical (unpaired) electrons. The molecular weight excluding hydrogens is 238 g/mol. The van der Waals surface area contributed by atoms with Crippen molar-refractivity contribution in [2.45, 2.75) is 18.8 Å². The van der Waals surface area contributed by atoms with Crippen LogP contribution in [0.4, 0.5) is 0 Å². The summed E-state index contributed by atoms with van der Waals surface area (Å²) < 4.78 is 11.6. The highest BCUT2D eigenvalue weighted by Crippen LogP contribution is 2.31. The molecule has 2 atom stereocenters. The van der Waals surface area contributed by atoms with Gasteiger partial charge < -0.3 is 15.2 Å². The van der Waals surface area contributed by atoms with Crippen LogP contribution < -0.4 is 10.5 Å². The highest BCUT2D eigenvalue weighted by molar-refractivity contribution is 5.38. The lowest BCUT2D eigenvalue weighted by Gasteiger charge is -2.31. The molecule has 0 aliphatic carbocycles. The van der Waals surface area contributed by atoms with Gasteiger partial charge in [0.2, 0.25) is 0 Å². The Morgan fingerprint density at radius 2 is 1.79 bits per heavy atom. The van der Waals surface area contributed by atoms with E-state index in [1.165, 1.54) is 0 Å². The molecule has 3 nitrogen and oxygen atoms in total.